The van der Waals surface area contributed by atoms with E-state index in [4.69, 9.17) is 4.74 Å². The van der Waals surface area contributed by atoms with Crippen molar-refractivity contribution in [3.8, 4) is 5.75 Å². The molecule has 2 aliphatic heterocycles. The fraction of sp³-hybridized carbons (Fsp3) is 0.476. The maximum absolute atomic E-state index is 12.5. The lowest BCUT2D eigenvalue weighted by atomic mass is 10.1. The highest BCUT2D eigenvalue weighted by Crippen LogP contribution is 2.30. The second-order valence-electron chi connectivity index (χ2n) is 7.86. The molecule has 2 N–H and O–H groups in total. The predicted molar refractivity (Wildman–Crippen MR) is 114 cm³/mol. The van der Waals surface area contributed by atoms with Crippen LogP contribution in [0.5, 0.6) is 5.75 Å². The number of hydrogen-bond donors (Lipinski definition) is 2. The van der Waals surface area contributed by atoms with Gasteiger partial charge in [0, 0.05) is 29.1 Å². The number of imidazole rings is 1. The number of ether oxygens (including phenoxy) is 1. The summed E-state index contributed by atoms with van der Waals surface area (Å²) in [5.41, 5.74) is 2.17. The van der Waals surface area contributed by atoms with Gasteiger partial charge in [0.25, 0.3) is 0 Å². The highest BCUT2D eigenvalue weighted by molar-refractivity contribution is 9.10. The van der Waals surface area contributed by atoms with Crippen molar-refractivity contribution >= 4 is 27.7 Å². The standard InChI is InChI=1S/C21H25BrN4O4/c1-13-8-15(22)9-14(20(13)30-17-4-6-23-7-5-17)10-25-11-16(24-21(25)29)12-26-18(27)2-3-19(26)28/h8-9,11,17,23H,2-7,10,12H2,1H3,(H,24,29). The molecule has 30 heavy (non-hydrogen) atoms. The van der Waals surface area contributed by atoms with Crippen LogP contribution in [-0.4, -0.2) is 45.5 Å². The minimum Gasteiger partial charge on any atom is -0.490 e. The molecule has 0 radical (unpaired) electrons. The number of rotatable bonds is 6. The van der Waals surface area contributed by atoms with E-state index in [1.54, 1.807) is 10.8 Å². The largest absolute Gasteiger partial charge is 0.490 e. The van der Waals surface area contributed by atoms with Gasteiger partial charge in [0.2, 0.25) is 11.8 Å². The number of aryl methyl sites for hydroxylation is 1. The van der Waals surface area contributed by atoms with Crippen molar-refractivity contribution in [1.82, 2.24) is 19.8 Å². The third-order valence-electron chi connectivity index (χ3n) is 5.55. The normalized spacial score (nSPS) is 17.7. The third-order valence-corrected chi connectivity index (χ3v) is 6.01. The Labute approximate surface area is 182 Å². The maximum Gasteiger partial charge on any atom is 0.326 e. The lowest BCUT2D eigenvalue weighted by Gasteiger charge is -2.26. The zero-order chi connectivity index (χ0) is 21.3. The van der Waals surface area contributed by atoms with E-state index in [0.29, 0.717) is 12.2 Å². The number of aromatic nitrogens is 2. The molecule has 4 rings (SSSR count). The lowest BCUT2D eigenvalue weighted by Crippen LogP contribution is -2.34. The Morgan fingerprint density at radius 1 is 1.10 bits per heavy atom. The van der Waals surface area contributed by atoms with Gasteiger partial charge in [-0.2, -0.15) is 0 Å². The monoisotopic (exact) mass is 476 g/mol. The first-order valence-corrected chi connectivity index (χ1v) is 11.0. The molecule has 2 amide bonds. The van der Waals surface area contributed by atoms with Crippen molar-refractivity contribution < 1.29 is 14.3 Å². The molecule has 8 nitrogen and oxygen atoms in total. The number of benzene rings is 1. The molecule has 160 valence electrons. The van der Waals surface area contributed by atoms with Crippen molar-refractivity contribution in [2.24, 2.45) is 0 Å². The van der Waals surface area contributed by atoms with Gasteiger partial charge in [0.15, 0.2) is 0 Å². The molecular formula is C21H25BrN4O4. The molecule has 0 unspecified atom stereocenters. The van der Waals surface area contributed by atoms with Crippen LogP contribution in [0.4, 0.5) is 0 Å². The number of aromatic amines is 1. The summed E-state index contributed by atoms with van der Waals surface area (Å²) < 4.78 is 8.82. The first-order chi connectivity index (χ1) is 14.4. The average molecular weight is 477 g/mol. The minimum absolute atomic E-state index is 0.0931. The van der Waals surface area contributed by atoms with Gasteiger partial charge in [-0.25, -0.2) is 4.79 Å². The average Bonchev–Trinajstić information content (AvgIpc) is 3.21. The number of amides is 2. The summed E-state index contributed by atoms with van der Waals surface area (Å²) in [7, 11) is 0. The van der Waals surface area contributed by atoms with Gasteiger partial charge in [0.1, 0.15) is 11.9 Å². The van der Waals surface area contributed by atoms with E-state index in [9.17, 15) is 14.4 Å². The molecule has 0 saturated carbocycles. The summed E-state index contributed by atoms with van der Waals surface area (Å²) >= 11 is 3.54. The summed E-state index contributed by atoms with van der Waals surface area (Å²) in [6.45, 7) is 4.29. The van der Waals surface area contributed by atoms with E-state index < -0.39 is 0 Å². The van der Waals surface area contributed by atoms with E-state index in [-0.39, 0.29) is 43.0 Å². The van der Waals surface area contributed by atoms with Crippen molar-refractivity contribution in [1.29, 1.82) is 0 Å². The highest BCUT2D eigenvalue weighted by Gasteiger charge is 2.29. The number of nitrogens with one attached hydrogen (secondary N) is 2. The van der Waals surface area contributed by atoms with Crippen LogP contribution < -0.4 is 15.7 Å². The van der Waals surface area contributed by atoms with Gasteiger partial charge in [-0.05, 0) is 50.6 Å². The molecule has 0 atom stereocenters. The Balaban J connectivity index is 1.56. The van der Waals surface area contributed by atoms with Crippen LogP contribution in [0.3, 0.4) is 0 Å². The quantitative estimate of drug-likeness (QED) is 0.622. The first kappa shape index (κ1) is 20.9. The predicted octanol–water partition coefficient (Wildman–Crippen LogP) is 2.08. The van der Waals surface area contributed by atoms with Gasteiger partial charge >= 0.3 is 5.69 Å². The number of carbonyl (C=O) groups is 2. The van der Waals surface area contributed by atoms with E-state index >= 15 is 0 Å². The first-order valence-electron chi connectivity index (χ1n) is 10.2. The molecular weight excluding hydrogens is 452 g/mol. The molecule has 9 heteroatoms. The number of likely N-dealkylation sites (tertiary alicyclic amines) is 1. The number of halogens is 1. The zero-order valence-corrected chi connectivity index (χ0v) is 18.5. The Morgan fingerprint density at radius 2 is 1.80 bits per heavy atom. The van der Waals surface area contributed by atoms with E-state index in [1.807, 2.05) is 19.1 Å². The van der Waals surface area contributed by atoms with Crippen LogP contribution in [0.2, 0.25) is 0 Å². The van der Waals surface area contributed by atoms with Gasteiger partial charge < -0.3 is 15.0 Å². The van der Waals surface area contributed by atoms with Crippen molar-refractivity contribution in [2.45, 2.75) is 51.8 Å². The summed E-state index contributed by atoms with van der Waals surface area (Å²) in [6.07, 6.45) is 4.18. The van der Waals surface area contributed by atoms with E-state index in [0.717, 1.165) is 47.3 Å². The summed E-state index contributed by atoms with van der Waals surface area (Å²) in [6, 6.07) is 3.98. The van der Waals surface area contributed by atoms with Crippen LogP contribution in [0.1, 0.15) is 42.5 Å². The van der Waals surface area contributed by atoms with Crippen molar-refractivity contribution in [3.63, 3.8) is 0 Å². The Bertz CT molecular complexity index is 1010. The molecule has 1 aromatic heterocycles. The molecule has 2 aromatic rings. The number of piperidine rings is 1. The van der Waals surface area contributed by atoms with Crippen LogP contribution in [0.25, 0.3) is 0 Å². The summed E-state index contributed by atoms with van der Waals surface area (Å²) in [5.74, 6) is 0.410. The van der Waals surface area contributed by atoms with Crippen molar-refractivity contribution in [2.75, 3.05) is 13.1 Å². The minimum atomic E-state index is -0.283. The second kappa shape index (κ2) is 8.77. The van der Waals surface area contributed by atoms with Gasteiger partial charge in [-0.1, -0.05) is 15.9 Å². The van der Waals surface area contributed by atoms with Crippen LogP contribution in [0.15, 0.2) is 27.6 Å². The van der Waals surface area contributed by atoms with Gasteiger partial charge in [-0.15, -0.1) is 0 Å². The molecule has 0 aliphatic carbocycles. The summed E-state index contributed by atoms with van der Waals surface area (Å²) in [5, 5.41) is 3.34. The lowest BCUT2D eigenvalue weighted by molar-refractivity contribution is -0.139. The summed E-state index contributed by atoms with van der Waals surface area (Å²) in [4.78, 5) is 40.2. The third kappa shape index (κ3) is 4.52. The second-order valence-corrected chi connectivity index (χ2v) is 8.78. The SMILES string of the molecule is Cc1cc(Br)cc(Cn2cc(CN3C(=O)CCC3=O)[nH]c2=O)c1OC1CCNCC1. The number of hydrogen-bond acceptors (Lipinski definition) is 5. The molecule has 0 bridgehead atoms. The maximum atomic E-state index is 12.5. The molecule has 2 aliphatic rings. The Hall–Kier alpha value is -2.39. The Kier molecular flexibility index (Phi) is 6.10. The Morgan fingerprint density at radius 3 is 2.50 bits per heavy atom. The molecule has 2 fully saturated rings. The van der Waals surface area contributed by atoms with Crippen molar-refractivity contribution in [3.05, 3.63) is 50.1 Å². The van der Waals surface area contributed by atoms with Crippen LogP contribution in [0, 0.1) is 6.92 Å². The molecule has 2 saturated heterocycles. The topological polar surface area (TPSA) is 96.4 Å². The number of nitrogens with zero attached hydrogens (tertiary/aromatic N) is 2. The fourth-order valence-electron chi connectivity index (χ4n) is 4.00. The number of imide groups is 1. The van der Waals surface area contributed by atoms with Gasteiger partial charge in [-0.3, -0.25) is 19.1 Å². The highest BCUT2D eigenvalue weighted by atomic mass is 79.9. The molecule has 1 aromatic carbocycles. The molecule has 3 heterocycles. The molecule has 0 spiro atoms. The zero-order valence-electron chi connectivity index (χ0n) is 16.9. The van der Waals surface area contributed by atoms with E-state index in [2.05, 4.69) is 26.2 Å². The number of H-pyrrole nitrogens is 1. The van der Waals surface area contributed by atoms with Crippen LogP contribution in [-0.2, 0) is 22.7 Å². The van der Waals surface area contributed by atoms with E-state index in [1.165, 1.54) is 4.90 Å². The fourth-order valence-corrected chi connectivity index (χ4v) is 4.62. The number of carbonyl (C=O) groups excluding carboxylic acids is 2. The van der Waals surface area contributed by atoms with Crippen LogP contribution >= 0.6 is 15.9 Å². The smallest absolute Gasteiger partial charge is 0.326 e. The van der Waals surface area contributed by atoms with Gasteiger partial charge in [0.05, 0.1) is 18.8 Å².